The van der Waals surface area contributed by atoms with E-state index in [1.54, 1.807) is 0 Å². The van der Waals surface area contributed by atoms with E-state index in [0.717, 1.165) is 62.5 Å². The van der Waals surface area contributed by atoms with E-state index in [0.29, 0.717) is 11.8 Å². The fraction of sp³-hybridized carbons (Fsp3) is 0.429. The smallest absolute Gasteiger partial charge is 0.230 e. The van der Waals surface area contributed by atoms with Crippen molar-refractivity contribution in [1.29, 1.82) is 0 Å². The number of halogens is 2. The molecule has 1 aromatic heterocycles. The molecule has 1 amide bonds. The number of carbonyl (C=O) groups excluding carboxylic acids is 1. The molecule has 0 spiro atoms. The second-order valence-electron chi connectivity index (χ2n) is 10.0. The van der Waals surface area contributed by atoms with E-state index >= 15 is 0 Å². The van der Waals surface area contributed by atoms with Crippen molar-refractivity contribution >= 4 is 53.0 Å². The number of hydrogen-bond acceptors (Lipinski definition) is 4. The van der Waals surface area contributed by atoms with Crippen LogP contribution >= 0.6 is 24.8 Å². The molecule has 1 saturated heterocycles. The Morgan fingerprint density at radius 2 is 1.69 bits per heavy atom. The average Bonchev–Trinajstić information content (AvgIpc) is 3.62. The molecule has 2 atom stereocenters. The van der Waals surface area contributed by atoms with E-state index in [2.05, 4.69) is 66.1 Å². The van der Waals surface area contributed by atoms with Crippen LogP contribution in [0.5, 0.6) is 0 Å². The Morgan fingerprint density at radius 1 is 0.914 bits per heavy atom. The van der Waals surface area contributed by atoms with Crippen LogP contribution in [-0.2, 0) is 11.2 Å². The van der Waals surface area contributed by atoms with Gasteiger partial charge < -0.3 is 9.80 Å². The largest absolute Gasteiger partial charge is 0.368 e. The molecule has 6 rings (SSSR count). The Bertz CT molecular complexity index is 1260. The highest BCUT2D eigenvalue weighted by Crippen LogP contribution is 2.56. The minimum Gasteiger partial charge on any atom is -0.368 e. The lowest BCUT2D eigenvalue weighted by molar-refractivity contribution is -0.119. The highest BCUT2D eigenvalue weighted by Gasteiger charge is 2.51. The predicted octanol–water partition coefficient (Wildman–Crippen LogP) is 5.14. The molecule has 3 aromatic rings. The monoisotopic (exact) mass is 512 g/mol. The predicted molar refractivity (Wildman–Crippen MR) is 149 cm³/mol. The summed E-state index contributed by atoms with van der Waals surface area (Å²) in [5.74, 6) is 0.988. The third kappa shape index (κ3) is 4.50. The SMILES string of the molecule is Cc1ccc2c(N3CCN(CCc4c(C)ccc5c4C4CC4C(=O)N5C)CC3)cccc2n1.Cl.Cl. The fourth-order valence-electron chi connectivity index (χ4n) is 5.95. The zero-order valence-corrected chi connectivity index (χ0v) is 22.3. The normalized spacial score (nSPS) is 21.2. The molecule has 2 unspecified atom stereocenters. The third-order valence-corrected chi connectivity index (χ3v) is 7.98. The summed E-state index contributed by atoms with van der Waals surface area (Å²) < 4.78 is 0. The molecule has 35 heavy (non-hydrogen) atoms. The van der Waals surface area contributed by atoms with Gasteiger partial charge in [0.25, 0.3) is 0 Å². The Morgan fingerprint density at radius 3 is 2.46 bits per heavy atom. The molecular formula is C28H34Cl2N4O. The molecule has 0 radical (unpaired) electrons. The van der Waals surface area contributed by atoms with Gasteiger partial charge in [0.2, 0.25) is 5.91 Å². The molecule has 2 fully saturated rings. The number of aryl methyl sites for hydroxylation is 2. The Kier molecular flexibility index (Phi) is 7.33. The lowest BCUT2D eigenvalue weighted by Gasteiger charge is -2.37. The van der Waals surface area contributed by atoms with Crippen molar-refractivity contribution in [2.24, 2.45) is 5.92 Å². The Labute approximate surface area is 220 Å². The van der Waals surface area contributed by atoms with Gasteiger partial charge in [-0.1, -0.05) is 12.1 Å². The first-order valence-corrected chi connectivity index (χ1v) is 12.2. The zero-order chi connectivity index (χ0) is 22.7. The van der Waals surface area contributed by atoms with Crippen LogP contribution in [0.1, 0.15) is 34.7 Å². The van der Waals surface area contributed by atoms with Gasteiger partial charge in [0.15, 0.2) is 0 Å². The van der Waals surface area contributed by atoms with Crippen LogP contribution in [0.25, 0.3) is 10.9 Å². The lowest BCUT2D eigenvalue weighted by atomic mass is 9.90. The third-order valence-electron chi connectivity index (χ3n) is 7.98. The minimum absolute atomic E-state index is 0. The molecule has 0 N–H and O–H groups in total. The van der Waals surface area contributed by atoms with Gasteiger partial charge in [-0.15, -0.1) is 24.8 Å². The molecule has 186 valence electrons. The van der Waals surface area contributed by atoms with Gasteiger partial charge >= 0.3 is 0 Å². The maximum atomic E-state index is 12.5. The summed E-state index contributed by atoms with van der Waals surface area (Å²) in [6, 6.07) is 15.2. The summed E-state index contributed by atoms with van der Waals surface area (Å²) in [7, 11) is 1.94. The number of piperazine rings is 1. The molecule has 2 aliphatic heterocycles. The molecule has 7 heteroatoms. The van der Waals surface area contributed by atoms with Gasteiger partial charge in [-0.05, 0) is 79.6 Å². The number of amides is 1. The van der Waals surface area contributed by atoms with Crippen LogP contribution in [0.2, 0.25) is 0 Å². The van der Waals surface area contributed by atoms with Crippen LogP contribution in [0, 0.1) is 19.8 Å². The van der Waals surface area contributed by atoms with Gasteiger partial charge in [-0.3, -0.25) is 14.7 Å². The van der Waals surface area contributed by atoms with Gasteiger partial charge in [0.1, 0.15) is 0 Å². The number of aromatic nitrogens is 1. The molecule has 3 heterocycles. The highest BCUT2D eigenvalue weighted by atomic mass is 35.5. The molecular weight excluding hydrogens is 479 g/mol. The number of nitrogens with zero attached hydrogens (tertiary/aromatic N) is 4. The maximum absolute atomic E-state index is 12.5. The lowest BCUT2D eigenvalue weighted by Crippen LogP contribution is -2.47. The van der Waals surface area contributed by atoms with E-state index in [4.69, 9.17) is 4.98 Å². The number of anilines is 2. The fourth-order valence-corrected chi connectivity index (χ4v) is 5.95. The van der Waals surface area contributed by atoms with Gasteiger partial charge in [-0.2, -0.15) is 0 Å². The van der Waals surface area contributed by atoms with Crippen molar-refractivity contribution in [3.63, 3.8) is 0 Å². The summed E-state index contributed by atoms with van der Waals surface area (Å²) in [5, 5.41) is 1.25. The van der Waals surface area contributed by atoms with Crippen molar-refractivity contribution in [2.45, 2.75) is 32.6 Å². The first-order valence-electron chi connectivity index (χ1n) is 12.2. The van der Waals surface area contributed by atoms with Crippen LogP contribution in [0.15, 0.2) is 42.5 Å². The number of hydrogen-bond donors (Lipinski definition) is 0. The van der Waals surface area contributed by atoms with Crippen LogP contribution in [0.3, 0.4) is 0 Å². The Balaban J connectivity index is 0.00000144. The van der Waals surface area contributed by atoms with Crippen LogP contribution in [-0.4, -0.2) is 55.6 Å². The van der Waals surface area contributed by atoms with Crippen molar-refractivity contribution in [3.8, 4) is 0 Å². The van der Waals surface area contributed by atoms with Crippen molar-refractivity contribution in [2.75, 3.05) is 49.6 Å². The molecule has 0 bridgehead atoms. The van der Waals surface area contributed by atoms with E-state index in [-0.39, 0.29) is 30.7 Å². The highest BCUT2D eigenvalue weighted by molar-refractivity contribution is 6.01. The number of rotatable bonds is 4. The summed E-state index contributed by atoms with van der Waals surface area (Å²) >= 11 is 0. The second-order valence-corrected chi connectivity index (χ2v) is 10.0. The van der Waals surface area contributed by atoms with Gasteiger partial charge in [-0.25, -0.2) is 0 Å². The molecule has 2 aromatic carbocycles. The maximum Gasteiger partial charge on any atom is 0.230 e. The minimum atomic E-state index is 0. The zero-order valence-electron chi connectivity index (χ0n) is 20.7. The molecule has 1 saturated carbocycles. The number of benzene rings is 2. The van der Waals surface area contributed by atoms with Crippen LogP contribution < -0.4 is 9.80 Å². The van der Waals surface area contributed by atoms with Crippen LogP contribution in [0.4, 0.5) is 11.4 Å². The van der Waals surface area contributed by atoms with E-state index in [9.17, 15) is 4.79 Å². The molecule has 3 aliphatic rings. The number of carbonyl (C=O) groups is 1. The summed E-state index contributed by atoms with van der Waals surface area (Å²) in [4.78, 5) is 24.2. The van der Waals surface area contributed by atoms with E-state index in [1.165, 1.54) is 27.8 Å². The first-order chi connectivity index (χ1) is 16.0. The van der Waals surface area contributed by atoms with Gasteiger partial charge in [0.05, 0.1) is 5.52 Å². The molecule has 5 nitrogen and oxygen atoms in total. The van der Waals surface area contributed by atoms with Crippen molar-refractivity contribution in [1.82, 2.24) is 9.88 Å². The number of fused-ring (bicyclic) bond motifs is 4. The summed E-state index contributed by atoms with van der Waals surface area (Å²) in [6.07, 6.45) is 2.10. The Hall–Kier alpha value is -2.34. The number of pyridine rings is 1. The van der Waals surface area contributed by atoms with E-state index in [1.807, 2.05) is 11.9 Å². The summed E-state index contributed by atoms with van der Waals surface area (Å²) in [6.45, 7) is 9.60. The van der Waals surface area contributed by atoms with Crippen molar-refractivity contribution in [3.05, 3.63) is 64.8 Å². The quantitative estimate of drug-likeness (QED) is 0.485. The average molecular weight is 514 g/mol. The van der Waals surface area contributed by atoms with Gasteiger partial charge in [0, 0.05) is 68.1 Å². The van der Waals surface area contributed by atoms with Crippen molar-refractivity contribution < 1.29 is 4.79 Å². The topological polar surface area (TPSA) is 39.7 Å². The first kappa shape index (κ1) is 25.7. The standard InChI is InChI=1S/C28H32N4O.2ClH/c1-18-7-10-26-27(22-17-23(22)28(33)30(26)3)20(18)11-12-31-13-15-32(16-14-31)25-6-4-5-24-21(25)9-8-19(2)29-24;;/h4-10,22-23H,11-17H2,1-3H3;2*1H. The summed E-state index contributed by atoms with van der Waals surface area (Å²) in [5.41, 5.74) is 8.91. The van der Waals surface area contributed by atoms with E-state index < -0.39 is 0 Å². The molecule has 1 aliphatic carbocycles. The second kappa shape index (κ2) is 9.96.